The smallest absolute Gasteiger partial charge is 0.235 e. The van der Waals surface area contributed by atoms with E-state index in [0.29, 0.717) is 25.9 Å². The third-order valence-corrected chi connectivity index (χ3v) is 6.07. The Kier molecular flexibility index (Phi) is 6.89. The van der Waals surface area contributed by atoms with E-state index in [1.54, 1.807) is 6.20 Å². The molecule has 1 atom stereocenters. The molecule has 0 radical (unpaired) electrons. The Hall–Kier alpha value is -2.84. The Balaban J connectivity index is 1.30. The van der Waals surface area contributed by atoms with Crippen LogP contribution in [0.25, 0.3) is 0 Å². The molecule has 1 aromatic heterocycles. The van der Waals surface area contributed by atoms with Crippen LogP contribution >= 0.6 is 11.3 Å². The van der Waals surface area contributed by atoms with Crippen LogP contribution in [-0.4, -0.2) is 41.5 Å². The highest BCUT2D eigenvalue weighted by molar-refractivity contribution is 7.09. The molecule has 3 aromatic rings. The highest BCUT2D eigenvalue weighted by Gasteiger charge is 2.25. The Morgan fingerprint density at radius 2 is 1.97 bits per heavy atom. The van der Waals surface area contributed by atoms with Crippen LogP contribution < -0.4 is 10.1 Å². The molecule has 1 saturated heterocycles. The summed E-state index contributed by atoms with van der Waals surface area (Å²) in [4.78, 5) is 19.2. The summed E-state index contributed by atoms with van der Waals surface area (Å²) in [5.41, 5.74) is 0.985. The average molecular weight is 444 g/mol. The van der Waals surface area contributed by atoms with E-state index in [4.69, 9.17) is 4.74 Å². The maximum atomic E-state index is 13.8. The number of carbonyl (C=O) groups is 1. The number of halogens is 2. The normalized spacial score (nSPS) is 16.1. The van der Waals surface area contributed by atoms with E-state index >= 15 is 0 Å². The zero-order valence-corrected chi connectivity index (χ0v) is 17.7. The summed E-state index contributed by atoms with van der Waals surface area (Å²) in [5, 5.41) is 5.83. The number of nitrogens with zero attached hydrogens (tertiary/aromatic N) is 2. The Bertz CT molecular complexity index is 993. The van der Waals surface area contributed by atoms with E-state index in [0.717, 1.165) is 16.6 Å². The molecular weight excluding hydrogens is 420 g/mol. The molecule has 2 aromatic carbocycles. The van der Waals surface area contributed by atoms with Crippen LogP contribution in [0.15, 0.2) is 60.1 Å². The molecule has 1 unspecified atom stereocenters. The first-order valence-electron chi connectivity index (χ1n) is 10.2. The van der Waals surface area contributed by atoms with Crippen molar-refractivity contribution in [3.8, 4) is 5.75 Å². The van der Waals surface area contributed by atoms with Gasteiger partial charge in [-0.25, -0.2) is 13.8 Å². The predicted molar refractivity (Wildman–Crippen MR) is 115 cm³/mol. The maximum absolute atomic E-state index is 13.8. The van der Waals surface area contributed by atoms with Gasteiger partial charge in [0, 0.05) is 30.7 Å². The molecule has 31 heavy (non-hydrogen) atoms. The lowest BCUT2D eigenvalue weighted by atomic mass is 10.1. The van der Waals surface area contributed by atoms with Crippen LogP contribution in [0.4, 0.5) is 8.78 Å². The summed E-state index contributed by atoms with van der Waals surface area (Å²) >= 11 is 1.51. The Morgan fingerprint density at radius 3 is 2.65 bits per heavy atom. The minimum atomic E-state index is -0.698. The highest BCUT2D eigenvalue weighted by atomic mass is 32.1. The van der Waals surface area contributed by atoms with E-state index in [-0.39, 0.29) is 30.3 Å². The number of nitrogens with one attached hydrogen (secondary N) is 1. The molecule has 0 spiro atoms. The fraction of sp³-hybridized carbons (Fsp3) is 0.304. The van der Waals surface area contributed by atoms with E-state index in [9.17, 15) is 13.6 Å². The summed E-state index contributed by atoms with van der Waals surface area (Å²) in [7, 11) is 0. The second kappa shape index (κ2) is 9.98. The van der Waals surface area contributed by atoms with Gasteiger partial charge in [0.2, 0.25) is 5.91 Å². The summed E-state index contributed by atoms with van der Waals surface area (Å²) in [6.07, 6.45) is 2.90. The molecule has 2 heterocycles. The highest BCUT2D eigenvalue weighted by Crippen LogP contribution is 2.25. The van der Waals surface area contributed by atoms with Crippen LogP contribution in [0.1, 0.15) is 29.5 Å². The quantitative estimate of drug-likeness (QED) is 0.596. The molecule has 1 aliphatic heterocycles. The number of piperidine rings is 1. The summed E-state index contributed by atoms with van der Waals surface area (Å²) in [6, 6.07) is 12.8. The van der Waals surface area contributed by atoms with Gasteiger partial charge in [0.15, 0.2) is 11.6 Å². The first kappa shape index (κ1) is 21.4. The molecule has 1 aliphatic rings. The molecule has 5 nitrogen and oxygen atoms in total. The van der Waals surface area contributed by atoms with E-state index in [1.807, 2.05) is 35.7 Å². The zero-order chi connectivity index (χ0) is 21.6. The van der Waals surface area contributed by atoms with Crippen LogP contribution in [0.5, 0.6) is 5.75 Å². The lowest BCUT2D eigenvalue weighted by Crippen LogP contribution is -2.44. The number of hydrogen-bond acceptors (Lipinski definition) is 5. The van der Waals surface area contributed by atoms with Gasteiger partial charge in [-0.1, -0.05) is 30.3 Å². The van der Waals surface area contributed by atoms with Gasteiger partial charge < -0.3 is 10.1 Å². The Labute approximate surface area is 183 Å². The van der Waals surface area contributed by atoms with Gasteiger partial charge in [-0.2, -0.15) is 0 Å². The van der Waals surface area contributed by atoms with Crippen LogP contribution in [0, 0.1) is 11.6 Å². The molecule has 162 valence electrons. The van der Waals surface area contributed by atoms with E-state index in [1.165, 1.54) is 23.5 Å². The number of rotatable bonds is 7. The SMILES string of the molecule is O=C(CN1CCC(Oc2ccc(F)cc2F)CC1)NC(c1ccccc1)c1nccs1. The van der Waals surface area contributed by atoms with E-state index in [2.05, 4.69) is 15.2 Å². The number of ether oxygens (including phenoxy) is 1. The number of thiazole rings is 1. The van der Waals surface area contributed by atoms with Gasteiger partial charge in [0.05, 0.1) is 6.54 Å². The Morgan fingerprint density at radius 1 is 1.19 bits per heavy atom. The second-order valence-electron chi connectivity index (χ2n) is 7.45. The van der Waals surface area contributed by atoms with Crippen molar-refractivity contribution in [2.45, 2.75) is 25.0 Å². The first-order valence-corrected chi connectivity index (χ1v) is 11.0. The molecule has 0 aliphatic carbocycles. The molecule has 0 bridgehead atoms. The summed E-state index contributed by atoms with van der Waals surface area (Å²) in [6.45, 7) is 1.59. The van der Waals surface area contributed by atoms with Crippen molar-refractivity contribution in [3.05, 3.63) is 82.3 Å². The van der Waals surface area contributed by atoms with Crippen molar-refractivity contribution in [2.24, 2.45) is 0 Å². The maximum Gasteiger partial charge on any atom is 0.235 e. The number of hydrogen-bond donors (Lipinski definition) is 1. The van der Waals surface area contributed by atoms with Gasteiger partial charge in [0.1, 0.15) is 23.0 Å². The fourth-order valence-corrected chi connectivity index (χ4v) is 4.37. The number of benzene rings is 2. The van der Waals surface area contributed by atoms with Crippen molar-refractivity contribution < 1.29 is 18.3 Å². The number of aromatic nitrogens is 1. The number of carbonyl (C=O) groups excluding carboxylic acids is 1. The van der Waals surface area contributed by atoms with Crippen molar-refractivity contribution in [2.75, 3.05) is 19.6 Å². The van der Waals surface area contributed by atoms with E-state index < -0.39 is 11.6 Å². The van der Waals surface area contributed by atoms with Gasteiger partial charge in [-0.15, -0.1) is 11.3 Å². The first-order chi connectivity index (χ1) is 15.1. The van der Waals surface area contributed by atoms with Crippen molar-refractivity contribution in [1.82, 2.24) is 15.2 Å². The van der Waals surface area contributed by atoms with Gasteiger partial charge in [-0.3, -0.25) is 9.69 Å². The molecule has 1 amide bonds. The van der Waals surface area contributed by atoms with Crippen molar-refractivity contribution >= 4 is 17.2 Å². The third-order valence-electron chi connectivity index (χ3n) is 5.23. The topological polar surface area (TPSA) is 54.5 Å². The summed E-state index contributed by atoms with van der Waals surface area (Å²) in [5.74, 6) is -1.34. The second-order valence-corrected chi connectivity index (χ2v) is 8.38. The number of amides is 1. The monoisotopic (exact) mass is 443 g/mol. The summed E-state index contributed by atoms with van der Waals surface area (Å²) < 4.78 is 32.5. The standard InChI is InChI=1S/C23H23F2N3O2S/c24-17-6-7-20(19(25)14-17)30-18-8-11-28(12-9-18)15-21(29)27-22(23-26-10-13-31-23)16-4-2-1-3-5-16/h1-7,10,13-14,18,22H,8-9,11-12,15H2,(H,27,29). The molecular formula is C23H23F2N3O2S. The average Bonchev–Trinajstić information content (AvgIpc) is 3.30. The minimum Gasteiger partial charge on any atom is -0.487 e. The molecule has 8 heteroatoms. The predicted octanol–water partition coefficient (Wildman–Crippen LogP) is 4.17. The largest absolute Gasteiger partial charge is 0.487 e. The number of likely N-dealkylation sites (tertiary alicyclic amines) is 1. The molecule has 1 fully saturated rings. The van der Waals surface area contributed by atoms with Gasteiger partial charge >= 0.3 is 0 Å². The molecule has 1 N–H and O–H groups in total. The van der Waals surface area contributed by atoms with Crippen LogP contribution in [0.3, 0.4) is 0 Å². The minimum absolute atomic E-state index is 0.0618. The molecule has 0 saturated carbocycles. The van der Waals surface area contributed by atoms with Gasteiger partial charge in [-0.05, 0) is 30.5 Å². The van der Waals surface area contributed by atoms with Crippen molar-refractivity contribution in [1.29, 1.82) is 0 Å². The lowest BCUT2D eigenvalue weighted by Gasteiger charge is -2.32. The van der Waals surface area contributed by atoms with Crippen molar-refractivity contribution in [3.63, 3.8) is 0 Å². The third kappa shape index (κ3) is 5.65. The molecule has 4 rings (SSSR count). The van der Waals surface area contributed by atoms with Crippen LogP contribution in [0.2, 0.25) is 0 Å². The lowest BCUT2D eigenvalue weighted by molar-refractivity contribution is -0.123. The van der Waals surface area contributed by atoms with Gasteiger partial charge in [0.25, 0.3) is 0 Å². The zero-order valence-electron chi connectivity index (χ0n) is 16.8. The fourth-order valence-electron chi connectivity index (χ4n) is 3.66. The van der Waals surface area contributed by atoms with Crippen LogP contribution in [-0.2, 0) is 4.79 Å².